The molecular formula is C10H7Cl2NOS2. The van der Waals surface area contributed by atoms with Gasteiger partial charge < -0.3 is 0 Å². The van der Waals surface area contributed by atoms with Gasteiger partial charge in [-0.15, -0.1) is 22.7 Å². The minimum Gasteiger partial charge on any atom is -0.294 e. The summed E-state index contributed by atoms with van der Waals surface area (Å²) in [6, 6.07) is 1.61. The Morgan fingerprint density at radius 2 is 2.25 bits per heavy atom. The minimum absolute atomic E-state index is 0.0394. The van der Waals surface area contributed by atoms with Gasteiger partial charge in [-0.25, -0.2) is 4.98 Å². The Labute approximate surface area is 111 Å². The molecule has 6 heteroatoms. The molecule has 2 aromatic heterocycles. The van der Waals surface area contributed by atoms with Gasteiger partial charge in [-0.3, -0.25) is 4.79 Å². The van der Waals surface area contributed by atoms with Crippen molar-refractivity contribution in [3.05, 3.63) is 36.4 Å². The van der Waals surface area contributed by atoms with E-state index >= 15 is 0 Å². The summed E-state index contributed by atoms with van der Waals surface area (Å²) in [7, 11) is 0. The summed E-state index contributed by atoms with van der Waals surface area (Å²) < 4.78 is 0.979. The van der Waals surface area contributed by atoms with E-state index < -0.39 is 0 Å². The fraction of sp³-hybridized carbons (Fsp3) is 0.200. The molecule has 0 fully saturated rings. The zero-order valence-electron chi connectivity index (χ0n) is 8.29. The molecule has 0 aromatic carbocycles. The molecule has 0 amide bonds. The van der Waals surface area contributed by atoms with Crippen LogP contribution in [0.4, 0.5) is 0 Å². The molecule has 0 aliphatic carbocycles. The minimum atomic E-state index is -0.0394. The zero-order valence-corrected chi connectivity index (χ0v) is 11.4. The number of aryl methyl sites for hydroxylation is 1. The number of halogens is 2. The van der Waals surface area contributed by atoms with Crippen molar-refractivity contribution >= 4 is 51.7 Å². The van der Waals surface area contributed by atoms with Crippen molar-refractivity contribution in [2.24, 2.45) is 0 Å². The van der Waals surface area contributed by atoms with Crippen molar-refractivity contribution in [1.82, 2.24) is 4.98 Å². The monoisotopic (exact) mass is 291 g/mol. The van der Waals surface area contributed by atoms with Crippen molar-refractivity contribution in [2.45, 2.75) is 13.3 Å². The Hall–Kier alpha value is -0.420. The Morgan fingerprint density at radius 3 is 2.75 bits per heavy atom. The van der Waals surface area contributed by atoms with Crippen molar-refractivity contribution in [1.29, 1.82) is 0 Å². The number of hydrogen-bond donors (Lipinski definition) is 0. The Bertz CT molecular complexity index is 533. The first-order valence-corrected chi connectivity index (χ1v) is 6.90. The highest BCUT2D eigenvalue weighted by molar-refractivity contribution is 7.20. The molecule has 0 saturated carbocycles. The van der Waals surface area contributed by atoms with E-state index in [-0.39, 0.29) is 12.2 Å². The number of carbonyl (C=O) groups excluding carboxylic acids is 1. The summed E-state index contributed by atoms with van der Waals surface area (Å²) in [5.74, 6) is -0.0394. The lowest BCUT2D eigenvalue weighted by atomic mass is 10.2. The van der Waals surface area contributed by atoms with Crippen LogP contribution in [0.15, 0.2) is 11.4 Å². The quantitative estimate of drug-likeness (QED) is 0.792. The number of hydrogen-bond acceptors (Lipinski definition) is 4. The van der Waals surface area contributed by atoms with Gasteiger partial charge in [0, 0.05) is 16.6 Å². The summed E-state index contributed by atoms with van der Waals surface area (Å²) in [6.07, 6.45) is 0.283. The summed E-state index contributed by atoms with van der Waals surface area (Å²) >= 11 is 14.4. The first-order chi connectivity index (χ1) is 7.56. The van der Waals surface area contributed by atoms with Crippen LogP contribution < -0.4 is 0 Å². The van der Waals surface area contributed by atoms with E-state index in [1.54, 1.807) is 6.07 Å². The van der Waals surface area contributed by atoms with Crippen LogP contribution in [-0.2, 0) is 6.42 Å². The molecule has 16 heavy (non-hydrogen) atoms. The lowest BCUT2D eigenvalue weighted by Gasteiger charge is -1.95. The average molecular weight is 292 g/mol. The molecule has 0 atom stereocenters. The first kappa shape index (κ1) is 12.0. The molecule has 0 spiro atoms. The van der Waals surface area contributed by atoms with Gasteiger partial charge >= 0.3 is 0 Å². The second kappa shape index (κ2) is 4.84. The van der Waals surface area contributed by atoms with E-state index in [9.17, 15) is 4.79 Å². The van der Waals surface area contributed by atoms with Gasteiger partial charge in [0.25, 0.3) is 0 Å². The smallest absolute Gasteiger partial charge is 0.172 e. The number of thiazole rings is 1. The van der Waals surface area contributed by atoms with Crippen molar-refractivity contribution in [3.8, 4) is 0 Å². The second-order valence-corrected chi connectivity index (χ2v) is 6.45. The van der Waals surface area contributed by atoms with E-state index in [1.807, 2.05) is 12.3 Å². The summed E-state index contributed by atoms with van der Waals surface area (Å²) in [5, 5.41) is 2.73. The molecule has 0 bridgehead atoms. The third kappa shape index (κ3) is 2.63. The van der Waals surface area contributed by atoms with E-state index in [1.165, 1.54) is 22.7 Å². The predicted octanol–water partition coefficient (Wildman–Crippen LogP) is 4.25. The van der Waals surface area contributed by atoms with Gasteiger partial charge in [0.05, 0.1) is 10.8 Å². The van der Waals surface area contributed by atoms with E-state index in [2.05, 4.69) is 4.98 Å². The Morgan fingerprint density at radius 1 is 1.50 bits per heavy atom. The SMILES string of the molecule is Cc1csc(CC(=O)c2cc(Cl)sc2Cl)n1. The van der Waals surface area contributed by atoms with Crippen molar-refractivity contribution < 1.29 is 4.79 Å². The Kier molecular flexibility index (Phi) is 3.64. The van der Waals surface area contributed by atoms with Crippen LogP contribution in [0.5, 0.6) is 0 Å². The number of carbonyl (C=O) groups is 1. The van der Waals surface area contributed by atoms with Gasteiger partial charge in [-0.2, -0.15) is 0 Å². The normalized spacial score (nSPS) is 10.7. The lowest BCUT2D eigenvalue weighted by molar-refractivity contribution is 0.0993. The van der Waals surface area contributed by atoms with Crippen LogP contribution in [0.2, 0.25) is 8.67 Å². The number of thiophene rings is 1. The summed E-state index contributed by atoms with van der Waals surface area (Å²) in [4.78, 5) is 16.1. The fourth-order valence-corrected chi connectivity index (χ4v) is 3.52. The number of aromatic nitrogens is 1. The van der Waals surface area contributed by atoms with E-state index in [0.717, 1.165) is 10.7 Å². The lowest BCUT2D eigenvalue weighted by Crippen LogP contribution is -2.02. The molecule has 0 unspecified atom stereocenters. The van der Waals surface area contributed by atoms with Crippen LogP contribution in [0.25, 0.3) is 0 Å². The average Bonchev–Trinajstić information content (AvgIpc) is 2.73. The highest BCUT2D eigenvalue weighted by atomic mass is 35.5. The maximum absolute atomic E-state index is 11.9. The third-order valence-corrected chi connectivity index (χ3v) is 4.39. The molecule has 0 saturated heterocycles. The van der Waals surface area contributed by atoms with Crippen molar-refractivity contribution in [2.75, 3.05) is 0 Å². The van der Waals surface area contributed by atoms with E-state index in [0.29, 0.717) is 14.2 Å². The summed E-state index contributed by atoms with van der Waals surface area (Å²) in [5.41, 5.74) is 1.42. The number of ketones is 1. The molecule has 84 valence electrons. The van der Waals surface area contributed by atoms with E-state index in [4.69, 9.17) is 23.2 Å². The fourth-order valence-electron chi connectivity index (χ4n) is 1.25. The highest BCUT2D eigenvalue weighted by Gasteiger charge is 2.15. The Balaban J connectivity index is 2.17. The molecule has 2 heterocycles. The molecule has 0 radical (unpaired) electrons. The van der Waals surface area contributed by atoms with Gasteiger partial charge in [0.15, 0.2) is 5.78 Å². The van der Waals surface area contributed by atoms with Crippen LogP contribution >= 0.6 is 45.9 Å². The molecule has 2 nitrogen and oxygen atoms in total. The number of nitrogens with zero attached hydrogens (tertiary/aromatic N) is 1. The maximum Gasteiger partial charge on any atom is 0.172 e. The highest BCUT2D eigenvalue weighted by Crippen LogP contribution is 2.32. The topological polar surface area (TPSA) is 30.0 Å². The van der Waals surface area contributed by atoms with Crippen molar-refractivity contribution in [3.63, 3.8) is 0 Å². The molecule has 0 N–H and O–H groups in total. The van der Waals surface area contributed by atoms with Gasteiger partial charge in [0.1, 0.15) is 9.34 Å². The third-order valence-electron chi connectivity index (χ3n) is 1.94. The zero-order chi connectivity index (χ0) is 11.7. The van der Waals surface area contributed by atoms with Crippen LogP contribution in [0.3, 0.4) is 0 Å². The van der Waals surface area contributed by atoms with Crippen LogP contribution in [0, 0.1) is 6.92 Å². The molecule has 2 rings (SSSR count). The second-order valence-electron chi connectivity index (χ2n) is 3.22. The largest absolute Gasteiger partial charge is 0.294 e. The molecular weight excluding hydrogens is 285 g/mol. The maximum atomic E-state index is 11.9. The predicted molar refractivity (Wildman–Crippen MR) is 69.2 cm³/mol. The van der Waals surface area contributed by atoms with Gasteiger partial charge in [-0.05, 0) is 13.0 Å². The van der Waals surface area contributed by atoms with Gasteiger partial charge in [-0.1, -0.05) is 23.2 Å². The number of rotatable bonds is 3. The van der Waals surface area contributed by atoms with Crippen LogP contribution in [-0.4, -0.2) is 10.8 Å². The first-order valence-electron chi connectivity index (χ1n) is 4.45. The standard InChI is InChI=1S/C10H7Cl2NOS2/c1-5-4-15-9(13-5)3-7(14)6-2-8(11)16-10(6)12/h2,4H,3H2,1H3. The molecule has 0 aliphatic rings. The molecule has 2 aromatic rings. The summed E-state index contributed by atoms with van der Waals surface area (Å²) in [6.45, 7) is 1.90. The number of Topliss-reactive ketones (excluding diaryl/α,β-unsaturated/α-hetero) is 1. The van der Waals surface area contributed by atoms with Crippen LogP contribution in [0.1, 0.15) is 21.1 Å². The van der Waals surface area contributed by atoms with Gasteiger partial charge in [0.2, 0.25) is 0 Å². The molecule has 0 aliphatic heterocycles.